The molecule has 2 unspecified atom stereocenters. The lowest BCUT2D eigenvalue weighted by molar-refractivity contribution is -0.149. The summed E-state index contributed by atoms with van der Waals surface area (Å²) in [6.45, 7) is 8.29. The van der Waals surface area contributed by atoms with E-state index in [9.17, 15) is 14.0 Å². The second-order valence-electron chi connectivity index (χ2n) is 8.18. The van der Waals surface area contributed by atoms with E-state index in [2.05, 4.69) is 18.7 Å². The first-order chi connectivity index (χ1) is 13.9. The van der Waals surface area contributed by atoms with Gasteiger partial charge in [0.2, 0.25) is 11.8 Å². The van der Waals surface area contributed by atoms with Crippen molar-refractivity contribution in [3.8, 4) is 0 Å². The van der Waals surface area contributed by atoms with Gasteiger partial charge in [-0.05, 0) is 38.0 Å². The zero-order chi connectivity index (χ0) is 21.0. The molecule has 0 aliphatic carbocycles. The van der Waals surface area contributed by atoms with E-state index >= 15 is 0 Å². The summed E-state index contributed by atoms with van der Waals surface area (Å²) in [6, 6.07) is 6.25. The molecule has 0 N–H and O–H groups in total. The van der Waals surface area contributed by atoms with Crippen LogP contribution in [0.25, 0.3) is 0 Å². The maximum absolute atomic E-state index is 13.5. The van der Waals surface area contributed by atoms with E-state index in [4.69, 9.17) is 4.74 Å². The summed E-state index contributed by atoms with van der Waals surface area (Å²) < 4.78 is 18.7. The molecule has 29 heavy (non-hydrogen) atoms. The zero-order valence-corrected chi connectivity index (χ0v) is 17.6. The monoisotopic (exact) mass is 405 g/mol. The number of piperidine rings is 1. The lowest BCUT2D eigenvalue weighted by atomic mass is 9.83. The van der Waals surface area contributed by atoms with Crippen molar-refractivity contribution < 1.29 is 18.7 Å². The maximum atomic E-state index is 13.5. The number of carbonyl (C=O) groups excluding carboxylic acids is 2. The first-order valence-electron chi connectivity index (χ1n) is 10.5. The molecule has 1 aromatic carbocycles. The van der Waals surface area contributed by atoms with E-state index in [1.807, 2.05) is 4.90 Å². The molecule has 2 fully saturated rings. The van der Waals surface area contributed by atoms with Gasteiger partial charge in [0.25, 0.3) is 0 Å². The Morgan fingerprint density at radius 3 is 2.41 bits per heavy atom. The highest BCUT2D eigenvalue weighted by atomic mass is 19.1. The van der Waals surface area contributed by atoms with Crippen LogP contribution in [-0.2, 0) is 14.3 Å². The second-order valence-corrected chi connectivity index (χ2v) is 8.18. The zero-order valence-electron chi connectivity index (χ0n) is 17.6. The molecule has 1 aromatic rings. The van der Waals surface area contributed by atoms with Crippen LogP contribution in [-0.4, -0.2) is 79.0 Å². The van der Waals surface area contributed by atoms with E-state index in [0.29, 0.717) is 45.1 Å². The molecule has 2 amide bonds. The fourth-order valence-corrected chi connectivity index (χ4v) is 4.43. The number of likely N-dealkylation sites (tertiary alicyclic amines) is 1. The molecular weight excluding hydrogens is 373 g/mol. The highest BCUT2D eigenvalue weighted by Crippen LogP contribution is 2.38. The van der Waals surface area contributed by atoms with Crippen LogP contribution in [0.2, 0.25) is 0 Å². The standard InChI is InChI=1S/C22H32FN3O3/c1-16(2)24-10-12-25(13-11-24)22(28)19-8-9-20(27)26(14-15-29-3)21(19)17-4-6-18(23)7-5-17/h4-7,16,19,21H,8-15H2,1-3H3. The SMILES string of the molecule is COCCN1C(=O)CCC(C(=O)N2CCN(C(C)C)CC2)C1c1ccc(F)cc1. The summed E-state index contributed by atoms with van der Waals surface area (Å²) in [5.41, 5.74) is 0.801. The lowest BCUT2D eigenvalue weighted by Crippen LogP contribution is -2.55. The third-order valence-corrected chi connectivity index (χ3v) is 6.13. The Kier molecular flexibility index (Phi) is 7.24. The topological polar surface area (TPSA) is 53.1 Å². The Labute approximate surface area is 172 Å². The molecule has 6 nitrogen and oxygen atoms in total. The molecule has 0 bridgehead atoms. The van der Waals surface area contributed by atoms with Crippen molar-refractivity contribution in [3.05, 3.63) is 35.6 Å². The molecule has 0 saturated carbocycles. The first kappa shape index (κ1) is 21.7. The first-order valence-corrected chi connectivity index (χ1v) is 10.5. The maximum Gasteiger partial charge on any atom is 0.228 e. The predicted molar refractivity (Wildman–Crippen MR) is 109 cm³/mol. The molecule has 0 radical (unpaired) electrons. The van der Waals surface area contributed by atoms with E-state index < -0.39 is 0 Å². The van der Waals surface area contributed by atoms with Gasteiger partial charge in [0, 0.05) is 52.3 Å². The Hall–Kier alpha value is -1.99. The smallest absolute Gasteiger partial charge is 0.228 e. The molecule has 2 aliphatic rings. The van der Waals surface area contributed by atoms with Gasteiger partial charge in [0.05, 0.1) is 18.6 Å². The van der Waals surface area contributed by atoms with Gasteiger partial charge < -0.3 is 14.5 Å². The van der Waals surface area contributed by atoms with Gasteiger partial charge in [-0.1, -0.05) is 12.1 Å². The van der Waals surface area contributed by atoms with Crippen LogP contribution >= 0.6 is 0 Å². The van der Waals surface area contributed by atoms with Crippen molar-refractivity contribution in [1.82, 2.24) is 14.7 Å². The fourth-order valence-electron chi connectivity index (χ4n) is 4.43. The molecule has 3 rings (SSSR count). The van der Waals surface area contributed by atoms with Crippen LogP contribution in [0, 0.1) is 11.7 Å². The summed E-state index contributed by atoms with van der Waals surface area (Å²) in [5.74, 6) is -0.532. The minimum absolute atomic E-state index is 0.0186. The Balaban J connectivity index is 1.83. The highest BCUT2D eigenvalue weighted by Gasteiger charge is 2.42. The molecule has 7 heteroatoms. The number of nitrogens with zero attached hydrogens (tertiary/aromatic N) is 3. The van der Waals surface area contributed by atoms with E-state index in [1.165, 1.54) is 12.1 Å². The highest BCUT2D eigenvalue weighted by molar-refractivity contribution is 5.85. The van der Waals surface area contributed by atoms with E-state index in [1.54, 1.807) is 24.1 Å². The Bertz CT molecular complexity index is 702. The van der Waals surface area contributed by atoms with Crippen LogP contribution in [0.1, 0.15) is 38.3 Å². The average molecular weight is 406 g/mol. The summed E-state index contributed by atoms with van der Waals surface area (Å²) in [6.07, 6.45) is 0.872. The van der Waals surface area contributed by atoms with Crippen molar-refractivity contribution in [2.24, 2.45) is 5.92 Å². The number of benzene rings is 1. The van der Waals surface area contributed by atoms with Gasteiger partial charge in [-0.25, -0.2) is 4.39 Å². The molecule has 0 spiro atoms. The number of hydrogen-bond acceptors (Lipinski definition) is 4. The minimum Gasteiger partial charge on any atom is -0.383 e. The fraction of sp³-hybridized carbons (Fsp3) is 0.636. The van der Waals surface area contributed by atoms with Crippen LogP contribution in [0.5, 0.6) is 0 Å². The number of rotatable bonds is 6. The van der Waals surface area contributed by atoms with Crippen molar-refractivity contribution in [3.63, 3.8) is 0 Å². The van der Waals surface area contributed by atoms with Crippen molar-refractivity contribution in [2.45, 2.75) is 38.8 Å². The Morgan fingerprint density at radius 1 is 1.17 bits per heavy atom. The summed E-state index contributed by atoms with van der Waals surface area (Å²) in [4.78, 5) is 32.2. The number of ether oxygens (including phenoxy) is 1. The van der Waals surface area contributed by atoms with Gasteiger partial charge in [0.1, 0.15) is 5.82 Å². The number of carbonyl (C=O) groups is 2. The van der Waals surface area contributed by atoms with Gasteiger partial charge >= 0.3 is 0 Å². The van der Waals surface area contributed by atoms with E-state index in [0.717, 1.165) is 18.7 Å². The van der Waals surface area contributed by atoms with Crippen LogP contribution in [0.15, 0.2) is 24.3 Å². The van der Waals surface area contributed by atoms with Crippen LogP contribution in [0.3, 0.4) is 0 Å². The number of hydrogen-bond donors (Lipinski definition) is 0. The summed E-state index contributed by atoms with van der Waals surface area (Å²) >= 11 is 0. The molecule has 160 valence electrons. The minimum atomic E-state index is -0.386. The Morgan fingerprint density at radius 2 is 1.83 bits per heavy atom. The number of piperazine rings is 1. The third-order valence-electron chi connectivity index (χ3n) is 6.13. The lowest BCUT2D eigenvalue weighted by Gasteiger charge is -2.44. The third kappa shape index (κ3) is 4.95. The molecule has 2 heterocycles. The van der Waals surface area contributed by atoms with Crippen LogP contribution < -0.4 is 0 Å². The van der Waals surface area contributed by atoms with Crippen LogP contribution in [0.4, 0.5) is 4.39 Å². The number of halogens is 1. The largest absolute Gasteiger partial charge is 0.383 e. The quantitative estimate of drug-likeness (QED) is 0.729. The van der Waals surface area contributed by atoms with Crippen molar-refractivity contribution >= 4 is 11.8 Å². The molecule has 2 atom stereocenters. The average Bonchev–Trinajstić information content (AvgIpc) is 2.73. The van der Waals surface area contributed by atoms with Crippen molar-refractivity contribution in [1.29, 1.82) is 0 Å². The summed E-state index contributed by atoms with van der Waals surface area (Å²) in [5, 5.41) is 0. The summed E-state index contributed by atoms with van der Waals surface area (Å²) in [7, 11) is 1.60. The normalized spacial score (nSPS) is 23.7. The van der Waals surface area contributed by atoms with Gasteiger partial charge in [-0.15, -0.1) is 0 Å². The molecule has 2 saturated heterocycles. The second kappa shape index (κ2) is 9.67. The number of amides is 2. The molecule has 0 aromatic heterocycles. The van der Waals surface area contributed by atoms with Gasteiger partial charge in [-0.2, -0.15) is 0 Å². The predicted octanol–water partition coefficient (Wildman–Crippen LogP) is 2.30. The molecular formula is C22H32FN3O3. The van der Waals surface area contributed by atoms with E-state index in [-0.39, 0.29) is 29.6 Å². The van der Waals surface area contributed by atoms with Crippen molar-refractivity contribution in [2.75, 3.05) is 46.4 Å². The number of methoxy groups -OCH3 is 1. The molecule has 2 aliphatic heterocycles. The van der Waals surface area contributed by atoms with Gasteiger partial charge in [0.15, 0.2) is 0 Å². The van der Waals surface area contributed by atoms with Gasteiger partial charge in [-0.3, -0.25) is 14.5 Å².